The van der Waals surface area contributed by atoms with E-state index in [9.17, 15) is 0 Å². The molecule has 0 N–H and O–H groups in total. The second kappa shape index (κ2) is 5.32. The summed E-state index contributed by atoms with van der Waals surface area (Å²) in [5.41, 5.74) is 1.13. The Morgan fingerprint density at radius 2 is 2.00 bits per heavy atom. The van der Waals surface area contributed by atoms with Crippen LogP contribution in [-0.4, -0.2) is 6.61 Å². The first kappa shape index (κ1) is 10.6. The summed E-state index contributed by atoms with van der Waals surface area (Å²) in [4.78, 5) is 0. The van der Waals surface area contributed by atoms with E-state index in [1.807, 2.05) is 45.0 Å². The van der Waals surface area contributed by atoms with Crippen molar-refractivity contribution in [2.24, 2.45) is 0 Å². The minimum absolute atomic E-state index is 0.673. The van der Waals surface area contributed by atoms with E-state index in [4.69, 9.17) is 9.47 Å². The first-order valence-electron chi connectivity index (χ1n) is 4.75. The number of hydrogen-bond donors (Lipinski definition) is 0. The molecule has 0 aliphatic rings. The molecular formula is C12H16O2. The Hall–Kier alpha value is -1.44. The van der Waals surface area contributed by atoms with Gasteiger partial charge < -0.3 is 9.47 Å². The van der Waals surface area contributed by atoms with E-state index < -0.39 is 0 Å². The van der Waals surface area contributed by atoms with E-state index in [0.717, 1.165) is 17.1 Å². The smallest absolute Gasteiger partial charge is 0.130 e. The van der Waals surface area contributed by atoms with Crippen LogP contribution in [0.25, 0.3) is 0 Å². The van der Waals surface area contributed by atoms with Gasteiger partial charge in [-0.1, -0.05) is 6.07 Å². The van der Waals surface area contributed by atoms with Crippen LogP contribution < -0.4 is 9.47 Å². The third-order valence-electron chi connectivity index (χ3n) is 1.55. The SMILES string of the molecule is CCOc1cccc(OC=C(C)C)c1. The summed E-state index contributed by atoms with van der Waals surface area (Å²) in [6.07, 6.45) is 1.73. The summed E-state index contributed by atoms with van der Waals surface area (Å²) in [6, 6.07) is 7.61. The van der Waals surface area contributed by atoms with E-state index in [0.29, 0.717) is 6.61 Å². The van der Waals surface area contributed by atoms with Crippen molar-refractivity contribution in [1.82, 2.24) is 0 Å². The van der Waals surface area contributed by atoms with Crippen LogP contribution in [0.1, 0.15) is 20.8 Å². The molecule has 0 saturated heterocycles. The predicted octanol–water partition coefficient (Wildman–Crippen LogP) is 3.39. The van der Waals surface area contributed by atoms with Crippen LogP contribution in [0.15, 0.2) is 36.1 Å². The van der Waals surface area contributed by atoms with E-state index in [1.54, 1.807) is 6.26 Å². The molecule has 0 aliphatic carbocycles. The van der Waals surface area contributed by atoms with Crippen LogP contribution >= 0.6 is 0 Å². The first-order valence-corrected chi connectivity index (χ1v) is 4.75. The van der Waals surface area contributed by atoms with Crippen molar-refractivity contribution in [2.45, 2.75) is 20.8 Å². The van der Waals surface area contributed by atoms with Gasteiger partial charge in [-0.2, -0.15) is 0 Å². The van der Waals surface area contributed by atoms with Crippen LogP contribution in [0, 0.1) is 0 Å². The molecule has 0 fully saturated rings. The van der Waals surface area contributed by atoms with Gasteiger partial charge in [0.05, 0.1) is 12.9 Å². The fourth-order valence-electron chi connectivity index (χ4n) is 0.990. The van der Waals surface area contributed by atoms with Gasteiger partial charge in [0.15, 0.2) is 0 Å². The third-order valence-corrected chi connectivity index (χ3v) is 1.55. The predicted molar refractivity (Wildman–Crippen MR) is 57.7 cm³/mol. The van der Waals surface area contributed by atoms with E-state index in [-0.39, 0.29) is 0 Å². The highest BCUT2D eigenvalue weighted by Crippen LogP contribution is 2.19. The van der Waals surface area contributed by atoms with E-state index in [2.05, 4.69) is 0 Å². The summed E-state index contributed by atoms with van der Waals surface area (Å²) >= 11 is 0. The topological polar surface area (TPSA) is 18.5 Å². The average molecular weight is 192 g/mol. The van der Waals surface area contributed by atoms with Gasteiger partial charge in [-0.15, -0.1) is 0 Å². The maximum Gasteiger partial charge on any atom is 0.130 e. The van der Waals surface area contributed by atoms with Crippen LogP contribution in [0.5, 0.6) is 11.5 Å². The molecule has 0 radical (unpaired) electrons. The van der Waals surface area contributed by atoms with Crippen LogP contribution in [0.2, 0.25) is 0 Å². The van der Waals surface area contributed by atoms with Gasteiger partial charge in [0.1, 0.15) is 11.5 Å². The van der Waals surface area contributed by atoms with Gasteiger partial charge in [-0.3, -0.25) is 0 Å². The lowest BCUT2D eigenvalue weighted by atomic mass is 10.3. The number of benzene rings is 1. The molecule has 0 spiro atoms. The normalized spacial score (nSPS) is 9.36. The summed E-state index contributed by atoms with van der Waals surface area (Å²) < 4.78 is 10.8. The molecule has 14 heavy (non-hydrogen) atoms. The monoisotopic (exact) mass is 192 g/mol. The standard InChI is InChI=1S/C12H16O2/c1-4-13-11-6-5-7-12(8-11)14-9-10(2)3/h5-9H,4H2,1-3H3. The van der Waals surface area contributed by atoms with Crippen molar-refractivity contribution < 1.29 is 9.47 Å². The highest BCUT2D eigenvalue weighted by molar-refractivity contribution is 5.33. The van der Waals surface area contributed by atoms with Crippen molar-refractivity contribution in [3.63, 3.8) is 0 Å². The first-order chi connectivity index (χ1) is 6.72. The van der Waals surface area contributed by atoms with Gasteiger partial charge in [0.2, 0.25) is 0 Å². The molecule has 0 bridgehead atoms. The second-order valence-corrected chi connectivity index (χ2v) is 3.22. The van der Waals surface area contributed by atoms with Crippen LogP contribution in [-0.2, 0) is 0 Å². The third kappa shape index (κ3) is 3.52. The van der Waals surface area contributed by atoms with Gasteiger partial charge in [-0.05, 0) is 38.5 Å². The molecule has 1 aromatic carbocycles. The molecule has 0 saturated carbocycles. The largest absolute Gasteiger partial charge is 0.494 e. The Morgan fingerprint density at radius 3 is 2.64 bits per heavy atom. The maximum absolute atomic E-state index is 5.41. The summed E-state index contributed by atoms with van der Waals surface area (Å²) in [6.45, 7) is 6.62. The molecule has 0 aliphatic heterocycles. The number of hydrogen-bond acceptors (Lipinski definition) is 2. The number of ether oxygens (including phenoxy) is 2. The molecule has 2 nitrogen and oxygen atoms in total. The lowest BCUT2D eigenvalue weighted by Gasteiger charge is -2.05. The number of allylic oxidation sites excluding steroid dienone is 1. The van der Waals surface area contributed by atoms with Crippen molar-refractivity contribution in [3.8, 4) is 11.5 Å². The van der Waals surface area contributed by atoms with Gasteiger partial charge in [0, 0.05) is 6.07 Å². The van der Waals surface area contributed by atoms with Crippen molar-refractivity contribution in [1.29, 1.82) is 0 Å². The molecular weight excluding hydrogens is 176 g/mol. The number of rotatable bonds is 4. The quantitative estimate of drug-likeness (QED) is 0.681. The minimum atomic E-state index is 0.673. The lowest BCUT2D eigenvalue weighted by Crippen LogP contribution is -1.91. The molecule has 1 rings (SSSR count). The lowest BCUT2D eigenvalue weighted by molar-refractivity contribution is 0.338. The van der Waals surface area contributed by atoms with Crippen molar-refractivity contribution >= 4 is 0 Å². The zero-order valence-corrected chi connectivity index (χ0v) is 8.91. The molecule has 0 heterocycles. The minimum Gasteiger partial charge on any atom is -0.494 e. The summed E-state index contributed by atoms with van der Waals surface area (Å²) in [5, 5.41) is 0. The van der Waals surface area contributed by atoms with Gasteiger partial charge in [0.25, 0.3) is 0 Å². The Morgan fingerprint density at radius 1 is 1.29 bits per heavy atom. The zero-order chi connectivity index (χ0) is 10.4. The fraction of sp³-hybridized carbons (Fsp3) is 0.333. The van der Waals surface area contributed by atoms with Gasteiger partial charge >= 0.3 is 0 Å². The maximum atomic E-state index is 5.41. The molecule has 2 heteroatoms. The van der Waals surface area contributed by atoms with Crippen molar-refractivity contribution in [3.05, 3.63) is 36.1 Å². The summed E-state index contributed by atoms with van der Waals surface area (Å²) in [5.74, 6) is 1.64. The Kier molecular flexibility index (Phi) is 4.05. The van der Waals surface area contributed by atoms with E-state index in [1.165, 1.54) is 0 Å². The Bertz CT molecular complexity index is 312. The molecule has 1 aromatic rings. The second-order valence-electron chi connectivity index (χ2n) is 3.22. The molecule has 0 atom stereocenters. The fourth-order valence-corrected chi connectivity index (χ4v) is 0.990. The highest BCUT2D eigenvalue weighted by atomic mass is 16.5. The van der Waals surface area contributed by atoms with Gasteiger partial charge in [-0.25, -0.2) is 0 Å². The molecule has 0 unspecified atom stereocenters. The van der Waals surface area contributed by atoms with Crippen molar-refractivity contribution in [2.75, 3.05) is 6.61 Å². The molecule has 0 amide bonds. The van der Waals surface area contributed by atoms with Crippen LogP contribution in [0.3, 0.4) is 0 Å². The zero-order valence-electron chi connectivity index (χ0n) is 8.91. The molecule has 76 valence electrons. The highest BCUT2D eigenvalue weighted by Gasteiger charge is 1.95. The Labute approximate surface area is 85.2 Å². The Balaban J connectivity index is 2.68. The van der Waals surface area contributed by atoms with Crippen LogP contribution in [0.4, 0.5) is 0 Å². The average Bonchev–Trinajstić information content (AvgIpc) is 2.16. The molecule has 0 aromatic heterocycles. The summed E-state index contributed by atoms with van der Waals surface area (Å²) in [7, 11) is 0. The van der Waals surface area contributed by atoms with E-state index >= 15 is 0 Å².